The molecular formula is C20H21N3O3. The highest BCUT2D eigenvalue weighted by atomic mass is 16.5. The molecule has 1 saturated carbocycles. The predicted molar refractivity (Wildman–Crippen MR) is 99.9 cm³/mol. The van der Waals surface area contributed by atoms with E-state index in [1.54, 1.807) is 30.3 Å². The molecule has 0 saturated heterocycles. The third-order valence-electron chi connectivity index (χ3n) is 4.78. The van der Waals surface area contributed by atoms with Crippen molar-refractivity contribution in [3.05, 3.63) is 48.0 Å². The molecule has 1 heterocycles. The normalized spacial score (nSPS) is 16.4. The zero-order valence-electron chi connectivity index (χ0n) is 14.4. The van der Waals surface area contributed by atoms with Crippen molar-refractivity contribution in [3.8, 4) is 11.5 Å². The smallest absolute Gasteiger partial charge is 0.319 e. The predicted octanol–water partition coefficient (Wildman–Crippen LogP) is 4.50. The molecule has 0 spiro atoms. The molecule has 0 aromatic heterocycles. The van der Waals surface area contributed by atoms with Gasteiger partial charge >= 0.3 is 6.03 Å². The van der Waals surface area contributed by atoms with Gasteiger partial charge in [0.1, 0.15) is 5.75 Å². The summed E-state index contributed by atoms with van der Waals surface area (Å²) in [6.07, 6.45) is 5.59. The molecule has 134 valence electrons. The Morgan fingerprint density at radius 3 is 2.69 bits per heavy atom. The lowest BCUT2D eigenvalue weighted by Gasteiger charge is -2.23. The molecule has 2 aromatic carbocycles. The van der Waals surface area contributed by atoms with Gasteiger partial charge < -0.3 is 20.7 Å². The minimum Gasteiger partial charge on any atom is -0.454 e. The number of rotatable bonds is 2. The lowest BCUT2D eigenvalue weighted by atomic mass is 9.96. The quantitative estimate of drug-likeness (QED) is 0.745. The van der Waals surface area contributed by atoms with Crippen LogP contribution in [0.4, 0.5) is 16.2 Å². The lowest BCUT2D eigenvalue weighted by molar-refractivity contribution is 0.102. The van der Waals surface area contributed by atoms with Crippen molar-refractivity contribution < 1.29 is 14.3 Å². The molecule has 3 amide bonds. The Balaban J connectivity index is 1.49. The van der Waals surface area contributed by atoms with E-state index in [1.165, 1.54) is 6.42 Å². The topological polar surface area (TPSA) is 79.5 Å². The Morgan fingerprint density at radius 2 is 1.85 bits per heavy atom. The zero-order chi connectivity index (χ0) is 17.9. The average Bonchev–Trinajstić information content (AvgIpc) is 2.78. The fourth-order valence-electron chi connectivity index (χ4n) is 3.44. The van der Waals surface area contributed by atoms with Gasteiger partial charge in [-0.2, -0.15) is 0 Å². The number of fused-ring (bicyclic) bond motifs is 2. The van der Waals surface area contributed by atoms with Gasteiger partial charge in [-0.25, -0.2) is 4.79 Å². The summed E-state index contributed by atoms with van der Waals surface area (Å²) in [5, 5.41) is 8.65. The van der Waals surface area contributed by atoms with Crippen molar-refractivity contribution in [2.24, 2.45) is 0 Å². The van der Waals surface area contributed by atoms with Crippen molar-refractivity contribution in [1.29, 1.82) is 0 Å². The second-order valence-corrected chi connectivity index (χ2v) is 6.70. The maximum atomic E-state index is 12.5. The van der Waals surface area contributed by atoms with Crippen LogP contribution in [0.1, 0.15) is 42.5 Å². The highest BCUT2D eigenvalue weighted by Gasteiger charge is 2.21. The molecule has 0 unspecified atom stereocenters. The van der Waals surface area contributed by atoms with Crippen LogP contribution >= 0.6 is 0 Å². The van der Waals surface area contributed by atoms with E-state index in [1.807, 2.05) is 12.1 Å². The number of ether oxygens (including phenoxy) is 1. The van der Waals surface area contributed by atoms with Crippen LogP contribution in [0, 0.1) is 0 Å². The van der Waals surface area contributed by atoms with Gasteiger partial charge in [-0.15, -0.1) is 0 Å². The second kappa shape index (κ2) is 7.07. The van der Waals surface area contributed by atoms with E-state index in [2.05, 4.69) is 16.0 Å². The standard InChI is InChI=1S/C20H21N3O3/c24-19-15-12-14(22-20(25)21-13-6-2-1-3-7-13)10-11-17(15)26-18-9-5-4-8-16(18)23-19/h4-5,8-13H,1-3,6-7H2,(H,23,24)(H2,21,22,25). The Bertz CT molecular complexity index is 844. The third-order valence-corrected chi connectivity index (χ3v) is 4.78. The zero-order valence-corrected chi connectivity index (χ0v) is 14.4. The molecule has 4 rings (SSSR count). The maximum absolute atomic E-state index is 12.5. The number of carbonyl (C=O) groups is 2. The van der Waals surface area contributed by atoms with Crippen molar-refractivity contribution in [2.45, 2.75) is 38.1 Å². The minimum absolute atomic E-state index is 0.228. The summed E-state index contributed by atoms with van der Waals surface area (Å²) in [7, 11) is 0. The molecule has 3 N–H and O–H groups in total. The fraction of sp³-hybridized carbons (Fsp3) is 0.300. The van der Waals surface area contributed by atoms with E-state index in [0.29, 0.717) is 28.4 Å². The van der Waals surface area contributed by atoms with E-state index in [-0.39, 0.29) is 18.0 Å². The van der Waals surface area contributed by atoms with Crippen LogP contribution in [-0.2, 0) is 0 Å². The molecule has 1 fully saturated rings. The van der Waals surface area contributed by atoms with Crippen LogP contribution in [-0.4, -0.2) is 18.0 Å². The maximum Gasteiger partial charge on any atom is 0.319 e. The first-order valence-corrected chi connectivity index (χ1v) is 8.99. The molecule has 0 atom stereocenters. The summed E-state index contributed by atoms with van der Waals surface area (Å²) in [6, 6.07) is 12.3. The van der Waals surface area contributed by atoms with Gasteiger partial charge in [0.25, 0.3) is 5.91 Å². The van der Waals surface area contributed by atoms with Gasteiger partial charge in [0, 0.05) is 11.7 Å². The molecule has 2 aliphatic rings. The van der Waals surface area contributed by atoms with Crippen LogP contribution < -0.4 is 20.7 Å². The van der Waals surface area contributed by atoms with Crippen LogP contribution in [0.2, 0.25) is 0 Å². The van der Waals surface area contributed by atoms with Crippen LogP contribution in [0.25, 0.3) is 0 Å². The first kappa shape index (κ1) is 16.4. The number of hydrogen-bond donors (Lipinski definition) is 3. The monoisotopic (exact) mass is 351 g/mol. The Hall–Kier alpha value is -3.02. The number of hydrogen-bond acceptors (Lipinski definition) is 3. The van der Waals surface area contributed by atoms with Crippen LogP contribution in [0.5, 0.6) is 11.5 Å². The van der Waals surface area contributed by atoms with Crippen molar-refractivity contribution in [3.63, 3.8) is 0 Å². The van der Waals surface area contributed by atoms with Crippen LogP contribution in [0.15, 0.2) is 42.5 Å². The molecule has 6 nitrogen and oxygen atoms in total. The van der Waals surface area contributed by atoms with Gasteiger partial charge in [0.15, 0.2) is 5.75 Å². The Labute approximate surface area is 151 Å². The molecule has 0 radical (unpaired) electrons. The molecule has 1 aliphatic carbocycles. The fourth-order valence-corrected chi connectivity index (χ4v) is 3.44. The van der Waals surface area contributed by atoms with Gasteiger partial charge in [-0.1, -0.05) is 31.4 Å². The van der Waals surface area contributed by atoms with Crippen LogP contribution in [0.3, 0.4) is 0 Å². The molecular weight excluding hydrogens is 330 g/mol. The van der Waals surface area contributed by atoms with Crippen molar-refractivity contribution >= 4 is 23.3 Å². The van der Waals surface area contributed by atoms with E-state index < -0.39 is 0 Å². The summed E-state index contributed by atoms with van der Waals surface area (Å²) in [5.41, 5.74) is 1.57. The number of benzene rings is 2. The summed E-state index contributed by atoms with van der Waals surface area (Å²) in [6.45, 7) is 0. The first-order valence-electron chi connectivity index (χ1n) is 8.99. The molecule has 0 bridgehead atoms. The SMILES string of the molecule is O=C(Nc1ccc2c(c1)C(=O)Nc1ccccc1O2)NC1CCCCC1. The van der Waals surface area contributed by atoms with Gasteiger partial charge in [0.2, 0.25) is 0 Å². The highest BCUT2D eigenvalue weighted by Crippen LogP contribution is 2.36. The van der Waals surface area contributed by atoms with Gasteiger partial charge in [0.05, 0.1) is 11.3 Å². The molecule has 2 aromatic rings. The Kier molecular flexibility index (Phi) is 4.48. The summed E-state index contributed by atoms with van der Waals surface area (Å²) < 4.78 is 5.84. The third kappa shape index (κ3) is 3.49. The second-order valence-electron chi connectivity index (χ2n) is 6.70. The number of anilines is 2. The van der Waals surface area contributed by atoms with E-state index in [4.69, 9.17) is 4.74 Å². The Morgan fingerprint density at radius 1 is 1.04 bits per heavy atom. The highest BCUT2D eigenvalue weighted by molar-refractivity contribution is 6.08. The number of nitrogens with one attached hydrogen (secondary N) is 3. The van der Waals surface area contributed by atoms with E-state index in [0.717, 1.165) is 25.7 Å². The largest absolute Gasteiger partial charge is 0.454 e. The number of urea groups is 1. The molecule has 26 heavy (non-hydrogen) atoms. The first-order chi connectivity index (χ1) is 12.7. The van der Waals surface area contributed by atoms with E-state index >= 15 is 0 Å². The number of amides is 3. The molecule has 6 heteroatoms. The van der Waals surface area contributed by atoms with E-state index in [9.17, 15) is 9.59 Å². The van der Waals surface area contributed by atoms with Crippen molar-refractivity contribution in [2.75, 3.05) is 10.6 Å². The minimum atomic E-state index is -0.263. The number of carbonyl (C=O) groups excluding carboxylic acids is 2. The molecule has 1 aliphatic heterocycles. The van der Waals surface area contributed by atoms with Crippen molar-refractivity contribution in [1.82, 2.24) is 5.32 Å². The average molecular weight is 351 g/mol. The van der Waals surface area contributed by atoms with Gasteiger partial charge in [-0.05, 0) is 43.2 Å². The summed E-state index contributed by atoms with van der Waals surface area (Å²) in [5.74, 6) is 0.794. The number of para-hydroxylation sites is 2. The van der Waals surface area contributed by atoms with Gasteiger partial charge in [-0.3, -0.25) is 4.79 Å². The summed E-state index contributed by atoms with van der Waals surface area (Å²) >= 11 is 0. The summed E-state index contributed by atoms with van der Waals surface area (Å²) in [4.78, 5) is 24.7. The lowest BCUT2D eigenvalue weighted by Crippen LogP contribution is -2.39.